The molecule has 122 valence electrons. The zero-order valence-electron chi connectivity index (χ0n) is 12.0. The summed E-state index contributed by atoms with van der Waals surface area (Å²) in [5.41, 5.74) is -0.00374. The number of carboxylic acid groups (broad SMARTS) is 1. The zero-order chi connectivity index (χ0) is 17.7. The van der Waals surface area contributed by atoms with Crippen LogP contribution in [-0.4, -0.2) is 22.7 Å². The average molecular weight is 328 g/mol. The molecule has 0 bridgehead atoms. The van der Waals surface area contributed by atoms with Crippen LogP contribution in [0.2, 0.25) is 0 Å². The highest BCUT2D eigenvalue weighted by Gasteiger charge is 2.15. The van der Waals surface area contributed by atoms with E-state index in [1.54, 1.807) is 0 Å². The van der Waals surface area contributed by atoms with E-state index in [9.17, 15) is 29.6 Å². The summed E-state index contributed by atoms with van der Waals surface area (Å²) in [6.07, 6.45) is 0. The number of anilines is 2. The second-order valence-electron chi connectivity index (χ2n) is 4.58. The van der Waals surface area contributed by atoms with Gasteiger partial charge in [0.05, 0.1) is 10.9 Å². The lowest BCUT2D eigenvalue weighted by molar-refractivity contribution is -0.384. The Labute approximate surface area is 135 Å². The smallest absolute Gasteiger partial charge is 0.314 e. The third-order valence-electron chi connectivity index (χ3n) is 2.90. The lowest BCUT2D eigenvalue weighted by Crippen LogP contribution is -2.29. The number of rotatable bonds is 4. The molecule has 0 radical (unpaired) electrons. The first kappa shape index (κ1) is 16.6. The number of nitro benzene ring substituents is 1. The van der Waals surface area contributed by atoms with Gasteiger partial charge in [0.1, 0.15) is 0 Å². The summed E-state index contributed by atoms with van der Waals surface area (Å²) in [6, 6.07) is 10.1. The molecule has 24 heavy (non-hydrogen) atoms. The Morgan fingerprint density at radius 3 is 2.00 bits per heavy atom. The van der Waals surface area contributed by atoms with E-state index in [4.69, 9.17) is 0 Å². The molecule has 0 unspecified atom stereocenters. The van der Waals surface area contributed by atoms with Gasteiger partial charge in [0, 0.05) is 23.5 Å². The minimum absolute atomic E-state index is 0.0750. The van der Waals surface area contributed by atoms with Crippen molar-refractivity contribution < 1.29 is 24.4 Å². The number of carbonyl (C=O) groups excluding carboxylic acids is 3. The number of non-ortho nitro benzene ring substituents is 1. The summed E-state index contributed by atoms with van der Waals surface area (Å²) in [7, 11) is 0. The van der Waals surface area contributed by atoms with Crippen molar-refractivity contribution in [2.45, 2.75) is 0 Å². The molecular weight excluding hydrogens is 318 g/mol. The number of carbonyl (C=O) groups is 3. The van der Waals surface area contributed by atoms with Crippen molar-refractivity contribution in [1.29, 1.82) is 0 Å². The van der Waals surface area contributed by atoms with Gasteiger partial charge in [-0.15, -0.1) is 0 Å². The molecular formula is C15H10N3O6-. The Balaban J connectivity index is 2.02. The number of aromatic carboxylic acids is 1. The lowest BCUT2D eigenvalue weighted by Gasteiger charge is -2.07. The van der Waals surface area contributed by atoms with Crippen molar-refractivity contribution in [3.8, 4) is 0 Å². The van der Waals surface area contributed by atoms with E-state index in [1.807, 2.05) is 0 Å². The Morgan fingerprint density at radius 2 is 1.46 bits per heavy atom. The van der Waals surface area contributed by atoms with Crippen molar-refractivity contribution in [1.82, 2.24) is 0 Å². The van der Waals surface area contributed by atoms with Crippen LogP contribution in [0.1, 0.15) is 10.4 Å². The van der Waals surface area contributed by atoms with Gasteiger partial charge in [-0.05, 0) is 23.8 Å². The summed E-state index contributed by atoms with van der Waals surface area (Å²) >= 11 is 0. The fourth-order valence-corrected chi connectivity index (χ4v) is 1.76. The summed E-state index contributed by atoms with van der Waals surface area (Å²) in [5.74, 6) is -3.40. The third kappa shape index (κ3) is 4.13. The van der Waals surface area contributed by atoms with Crippen molar-refractivity contribution in [2.75, 3.05) is 10.6 Å². The van der Waals surface area contributed by atoms with Crippen LogP contribution >= 0.6 is 0 Å². The van der Waals surface area contributed by atoms with Gasteiger partial charge in [0.15, 0.2) is 0 Å². The molecule has 9 heteroatoms. The molecule has 0 heterocycles. The van der Waals surface area contributed by atoms with E-state index >= 15 is 0 Å². The first-order valence-corrected chi connectivity index (χ1v) is 6.55. The molecule has 0 atom stereocenters. The van der Waals surface area contributed by atoms with E-state index < -0.39 is 22.7 Å². The quantitative estimate of drug-likeness (QED) is 0.476. The molecule has 0 saturated heterocycles. The van der Waals surface area contributed by atoms with Gasteiger partial charge in [-0.25, -0.2) is 0 Å². The van der Waals surface area contributed by atoms with Crippen LogP contribution in [-0.2, 0) is 9.59 Å². The fraction of sp³-hybridized carbons (Fsp3) is 0. The van der Waals surface area contributed by atoms with E-state index in [2.05, 4.69) is 10.6 Å². The molecule has 2 aromatic carbocycles. The van der Waals surface area contributed by atoms with Crippen molar-refractivity contribution in [3.05, 3.63) is 64.2 Å². The van der Waals surface area contributed by atoms with Gasteiger partial charge in [-0.1, -0.05) is 18.2 Å². The first-order valence-electron chi connectivity index (χ1n) is 6.55. The number of nitrogens with zero attached hydrogens (tertiary/aromatic N) is 1. The highest BCUT2D eigenvalue weighted by atomic mass is 16.6. The number of carboxylic acids is 1. The van der Waals surface area contributed by atoms with Crippen molar-refractivity contribution >= 4 is 34.8 Å². The van der Waals surface area contributed by atoms with Crippen LogP contribution in [0.15, 0.2) is 48.5 Å². The van der Waals surface area contributed by atoms with Gasteiger partial charge in [-0.2, -0.15) is 0 Å². The van der Waals surface area contributed by atoms with Crippen molar-refractivity contribution in [3.63, 3.8) is 0 Å². The normalized spacial score (nSPS) is 9.83. The van der Waals surface area contributed by atoms with E-state index in [0.29, 0.717) is 0 Å². The van der Waals surface area contributed by atoms with E-state index in [-0.39, 0.29) is 22.6 Å². The standard InChI is InChI=1S/C15H11N3O6/c19-13(16-10-6-4-9(5-7-10)15(21)22)14(20)17-11-2-1-3-12(8-11)18(23)24/h1-8H,(H,16,19)(H,17,20)(H,21,22)/p-1. The summed E-state index contributed by atoms with van der Waals surface area (Å²) in [5, 5.41) is 25.8. The Kier molecular flexibility index (Phi) is 4.85. The Bertz CT molecular complexity index is 816. The maximum absolute atomic E-state index is 11.8. The largest absolute Gasteiger partial charge is 0.545 e. The molecule has 0 saturated carbocycles. The molecule has 2 aromatic rings. The number of hydrogen-bond acceptors (Lipinski definition) is 6. The predicted octanol–water partition coefficient (Wildman–Crippen LogP) is 0.535. The van der Waals surface area contributed by atoms with Crippen LogP contribution in [0, 0.1) is 10.1 Å². The molecule has 2 rings (SSSR count). The van der Waals surface area contributed by atoms with Gasteiger partial charge in [-0.3, -0.25) is 19.7 Å². The van der Waals surface area contributed by atoms with Gasteiger partial charge < -0.3 is 20.5 Å². The number of nitrogens with one attached hydrogen (secondary N) is 2. The molecule has 0 aliphatic rings. The zero-order valence-corrected chi connectivity index (χ0v) is 12.0. The minimum Gasteiger partial charge on any atom is -0.545 e. The fourth-order valence-electron chi connectivity index (χ4n) is 1.76. The average Bonchev–Trinajstić information content (AvgIpc) is 2.55. The van der Waals surface area contributed by atoms with Gasteiger partial charge >= 0.3 is 11.8 Å². The SMILES string of the molecule is O=C(Nc1ccc(C(=O)[O-])cc1)C(=O)Nc1cccc([N+](=O)[O-])c1. The summed E-state index contributed by atoms with van der Waals surface area (Å²) in [4.78, 5) is 44.2. The molecule has 0 fully saturated rings. The molecule has 0 aromatic heterocycles. The monoisotopic (exact) mass is 328 g/mol. The molecule has 9 nitrogen and oxygen atoms in total. The predicted molar refractivity (Wildman–Crippen MR) is 81.1 cm³/mol. The summed E-state index contributed by atoms with van der Waals surface area (Å²) < 4.78 is 0. The number of hydrogen-bond donors (Lipinski definition) is 2. The second kappa shape index (κ2) is 7.01. The molecule has 0 aliphatic carbocycles. The first-order chi connectivity index (χ1) is 11.4. The topological polar surface area (TPSA) is 141 Å². The van der Waals surface area contributed by atoms with Gasteiger partial charge in [0.2, 0.25) is 0 Å². The van der Waals surface area contributed by atoms with E-state index in [0.717, 1.165) is 6.07 Å². The third-order valence-corrected chi connectivity index (χ3v) is 2.90. The molecule has 0 spiro atoms. The Morgan fingerprint density at radius 1 is 0.875 bits per heavy atom. The maximum Gasteiger partial charge on any atom is 0.314 e. The number of amides is 2. The highest BCUT2D eigenvalue weighted by Crippen LogP contribution is 2.17. The maximum atomic E-state index is 11.8. The molecule has 2 N–H and O–H groups in total. The highest BCUT2D eigenvalue weighted by molar-refractivity contribution is 6.43. The Hall–Kier alpha value is -3.75. The van der Waals surface area contributed by atoms with Crippen LogP contribution < -0.4 is 15.7 Å². The van der Waals surface area contributed by atoms with Crippen LogP contribution in [0.25, 0.3) is 0 Å². The number of benzene rings is 2. The molecule has 0 aliphatic heterocycles. The lowest BCUT2D eigenvalue weighted by atomic mass is 10.2. The number of nitro groups is 1. The van der Waals surface area contributed by atoms with Crippen LogP contribution in [0.5, 0.6) is 0 Å². The second-order valence-corrected chi connectivity index (χ2v) is 4.58. The van der Waals surface area contributed by atoms with Crippen molar-refractivity contribution in [2.24, 2.45) is 0 Å². The van der Waals surface area contributed by atoms with E-state index in [1.165, 1.54) is 42.5 Å². The van der Waals surface area contributed by atoms with Crippen LogP contribution in [0.4, 0.5) is 17.1 Å². The van der Waals surface area contributed by atoms with Crippen LogP contribution in [0.3, 0.4) is 0 Å². The minimum atomic E-state index is -1.36. The van der Waals surface area contributed by atoms with Gasteiger partial charge in [0.25, 0.3) is 5.69 Å². The molecule has 2 amide bonds. The summed E-state index contributed by atoms with van der Waals surface area (Å²) in [6.45, 7) is 0.